The zero-order chi connectivity index (χ0) is 14.4. The molecule has 0 atom stereocenters. The van der Waals surface area contributed by atoms with Gasteiger partial charge >= 0.3 is 0 Å². The first-order valence-electron chi connectivity index (χ1n) is 6.16. The number of rotatable bonds is 4. The second-order valence-electron chi connectivity index (χ2n) is 4.17. The smallest absolute Gasteiger partial charge is 0.265 e. The molecule has 0 fully saturated rings. The fraction of sp³-hybridized carbons (Fsp3) is 0.0625. The molecule has 3 N–H and O–H groups in total. The number of hydrogen-bond acceptors (Lipinski definition) is 3. The van der Waals surface area contributed by atoms with Crippen LogP contribution in [0.5, 0.6) is 5.75 Å². The molecular weight excluding hydrogens is 252 g/mol. The minimum absolute atomic E-state index is 0.327. The zero-order valence-electron chi connectivity index (χ0n) is 11.2. The Kier molecular flexibility index (Phi) is 4.52. The van der Waals surface area contributed by atoms with Crippen molar-refractivity contribution in [3.8, 4) is 5.75 Å². The van der Waals surface area contributed by atoms with Crippen LogP contribution < -0.4 is 16.0 Å². The van der Waals surface area contributed by atoms with E-state index in [0.29, 0.717) is 5.57 Å². The second-order valence-corrected chi connectivity index (χ2v) is 4.17. The van der Waals surface area contributed by atoms with Gasteiger partial charge in [-0.1, -0.05) is 42.5 Å². The minimum Gasteiger partial charge on any atom is -0.497 e. The summed E-state index contributed by atoms with van der Waals surface area (Å²) in [7, 11) is 1.61. The number of nitrogens with one attached hydrogen (secondary N) is 1. The molecule has 0 saturated carbocycles. The molecule has 1 amide bonds. The summed E-state index contributed by atoms with van der Waals surface area (Å²) >= 11 is 0. The van der Waals surface area contributed by atoms with Gasteiger partial charge in [0.25, 0.3) is 5.91 Å². The molecule has 0 bridgehead atoms. The van der Waals surface area contributed by atoms with E-state index in [4.69, 9.17) is 10.6 Å². The Morgan fingerprint density at radius 3 is 2.30 bits per heavy atom. The first-order chi connectivity index (χ1) is 9.74. The average molecular weight is 268 g/mol. The molecule has 4 nitrogen and oxygen atoms in total. The predicted octanol–water partition coefficient (Wildman–Crippen LogP) is 2.23. The number of hydrazine groups is 1. The Labute approximate surface area is 117 Å². The molecular formula is C16H16N2O2. The first-order valence-corrected chi connectivity index (χ1v) is 6.16. The van der Waals surface area contributed by atoms with Crippen LogP contribution in [-0.2, 0) is 4.79 Å². The van der Waals surface area contributed by atoms with Crippen molar-refractivity contribution in [2.45, 2.75) is 0 Å². The van der Waals surface area contributed by atoms with Gasteiger partial charge in [0.2, 0.25) is 0 Å². The summed E-state index contributed by atoms with van der Waals surface area (Å²) in [5, 5.41) is 0. The fourth-order valence-electron chi connectivity index (χ4n) is 1.84. The Morgan fingerprint density at radius 1 is 1.10 bits per heavy atom. The fourth-order valence-corrected chi connectivity index (χ4v) is 1.84. The van der Waals surface area contributed by atoms with Gasteiger partial charge in [0.1, 0.15) is 5.75 Å². The lowest BCUT2D eigenvalue weighted by molar-refractivity contribution is -0.115. The van der Waals surface area contributed by atoms with Crippen LogP contribution in [0.25, 0.3) is 11.6 Å². The maximum atomic E-state index is 11.9. The molecule has 0 aliphatic rings. The van der Waals surface area contributed by atoms with E-state index in [0.717, 1.165) is 16.9 Å². The molecule has 0 heterocycles. The topological polar surface area (TPSA) is 64.3 Å². The van der Waals surface area contributed by atoms with Crippen molar-refractivity contribution in [1.82, 2.24) is 5.43 Å². The van der Waals surface area contributed by atoms with Gasteiger partial charge in [-0.3, -0.25) is 10.2 Å². The molecule has 2 aromatic rings. The molecule has 0 aromatic heterocycles. The van der Waals surface area contributed by atoms with Crippen molar-refractivity contribution in [1.29, 1.82) is 0 Å². The molecule has 0 radical (unpaired) electrons. The molecule has 0 aliphatic carbocycles. The molecule has 0 spiro atoms. The van der Waals surface area contributed by atoms with Crippen LogP contribution >= 0.6 is 0 Å². The third kappa shape index (κ3) is 3.24. The number of ether oxygens (including phenoxy) is 1. The van der Waals surface area contributed by atoms with Crippen LogP contribution in [0.3, 0.4) is 0 Å². The largest absolute Gasteiger partial charge is 0.497 e. The summed E-state index contributed by atoms with van der Waals surface area (Å²) in [5.41, 5.74) is 4.39. The Morgan fingerprint density at radius 2 is 1.75 bits per heavy atom. The molecule has 0 saturated heterocycles. The Balaban J connectivity index is 2.40. The third-order valence-electron chi connectivity index (χ3n) is 2.89. The molecule has 20 heavy (non-hydrogen) atoms. The SMILES string of the molecule is COc1ccc(/C=C(/C(=O)NN)c2ccccc2)cc1. The van der Waals surface area contributed by atoms with Gasteiger partial charge < -0.3 is 4.74 Å². The maximum absolute atomic E-state index is 11.9. The molecule has 2 aromatic carbocycles. The summed E-state index contributed by atoms with van der Waals surface area (Å²) in [6.45, 7) is 0. The van der Waals surface area contributed by atoms with E-state index < -0.39 is 0 Å². The van der Waals surface area contributed by atoms with Crippen LogP contribution in [-0.4, -0.2) is 13.0 Å². The van der Waals surface area contributed by atoms with Crippen molar-refractivity contribution in [2.75, 3.05) is 7.11 Å². The van der Waals surface area contributed by atoms with Gasteiger partial charge in [-0.2, -0.15) is 0 Å². The number of nitrogens with two attached hydrogens (primary N) is 1. The lowest BCUT2D eigenvalue weighted by Gasteiger charge is -2.07. The monoisotopic (exact) mass is 268 g/mol. The van der Waals surface area contributed by atoms with E-state index in [-0.39, 0.29) is 5.91 Å². The summed E-state index contributed by atoms with van der Waals surface area (Å²) in [6.07, 6.45) is 1.79. The first kappa shape index (κ1) is 13.8. The van der Waals surface area contributed by atoms with Gasteiger partial charge in [0, 0.05) is 5.57 Å². The lowest BCUT2D eigenvalue weighted by Crippen LogP contribution is -2.30. The zero-order valence-corrected chi connectivity index (χ0v) is 11.2. The maximum Gasteiger partial charge on any atom is 0.265 e. The van der Waals surface area contributed by atoms with Crippen molar-refractivity contribution in [3.05, 3.63) is 65.7 Å². The molecule has 102 valence electrons. The van der Waals surface area contributed by atoms with Crippen molar-refractivity contribution in [3.63, 3.8) is 0 Å². The highest BCUT2D eigenvalue weighted by molar-refractivity contribution is 6.24. The van der Waals surface area contributed by atoms with Gasteiger partial charge in [0.15, 0.2) is 0 Å². The van der Waals surface area contributed by atoms with Gasteiger partial charge in [-0.05, 0) is 29.3 Å². The number of amides is 1. The van der Waals surface area contributed by atoms with Gasteiger partial charge in [-0.15, -0.1) is 0 Å². The van der Waals surface area contributed by atoms with Crippen LogP contribution in [0.15, 0.2) is 54.6 Å². The standard InChI is InChI=1S/C16H16N2O2/c1-20-14-9-7-12(8-10-14)11-15(16(19)18-17)13-5-3-2-4-6-13/h2-11H,17H2,1H3,(H,18,19)/b15-11+. The minimum atomic E-state index is -0.327. The Bertz CT molecular complexity index is 604. The van der Waals surface area contributed by atoms with E-state index in [1.807, 2.05) is 54.6 Å². The number of benzene rings is 2. The summed E-state index contributed by atoms with van der Waals surface area (Å²) in [5.74, 6) is 5.69. The highest BCUT2D eigenvalue weighted by atomic mass is 16.5. The normalized spacial score (nSPS) is 11.0. The van der Waals surface area contributed by atoms with Crippen LogP contribution in [0.2, 0.25) is 0 Å². The van der Waals surface area contributed by atoms with Crippen molar-refractivity contribution < 1.29 is 9.53 Å². The summed E-state index contributed by atoms with van der Waals surface area (Å²) in [6, 6.07) is 16.8. The van der Waals surface area contributed by atoms with E-state index in [9.17, 15) is 4.79 Å². The summed E-state index contributed by atoms with van der Waals surface area (Å²) < 4.78 is 5.11. The number of methoxy groups -OCH3 is 1. The van der Waals surface area contributed by atoms with Gasteiger partial charge in [0.05, 0.1) is 7.11 Å². The number of carbonyl (C=O) groups is 1. The average Bonchev–Trinajstić information content (AvgIpc) is 2.53. The number of carbonyl (C=O) groups excluding carboxylic acids is 1. The highest BCUT2D eigenvalue weighted by Gasteiger charge is 2.10. The summed E-state index contributed by atoms with van der Waals surface area (Å²) in [4.78, 5) is 11.9. The van der Waals surface area contributed by atoms with Crippen LogP contribution in [0, 0.1) is 0 Å². The third-order valence-corrected chi connectivity index (χ3v) is 2.89. The van der Waals surface area contributed by atoms with E-state index >= 15 is 0 Å². The van der Waals surface area contributed by atoms with Crippen LogP contribution in [0.1, 0.15) is 11.1 Å². The highest BCUT2D eigenvalue weighted by Crippen LogP contribution is 2.20. The van der Waals surface area contributed by atoms with Crippen LogP contribution in [0.4, 0.5) is 0 Å². The molecule has 4 heteroatoms. The van der Waals surface area contributed by atoms with E-state index in [2.05, 4.69) is 5.43 Å². The van der Waals surface area contributed by atoms with Crippen molar-refractivity contribution in [2.24, 2.45) is 5.84 Å². The molecule has 0 aliphatic heterocycles. The van der Waals surface area contributed by atoms with Gasteiger partial charge in [-0.25, -0.2) is 5.84 Å². The molecule has 2 rings (SSSR count). The molecule has 0 unspecified atom stereocenters. The van der Waals surface area contributed by atoms with E-state index in [1.54, 1.807) is 13.2 Å². The number of hydrogen-bond donors (Lipinski definition) is 2. The quantitative estimate of drug-likeness (QED) is 0.294. The van der Waals surface area contributed by atoms with Crippen molar-refractivity contribution >= 4 is 17.6 Å². The van der Waals surface area contributed by atoms with E-state index in [1.165, 1.54) is 0 Å². The Hall–Kier alpha value is -2.59. The predicted molar refractivity (Wildman–Crippen MR) is 79.6 cm³/mol. The second kappa shape index (κ2) is 6.54. The lowest BCUT2D eigenvalue weighted by atomic mass is 10.0.